The fourth-order valence-corrected chi connectivity index (χ4v) is 8.60. The monoisotopic (exact) mass is 762 g/mol. The molecule has 1 aromatic heterocycles. The summed E-state index contributed by atoms with van der Waals surface area (Å²) in [7, 11) is 0. The number of fused-ring (bicyclic) bond motifs is 3. The minimum atomic E-state index is 0.630. The Kier molecular flexibility index (Phi) is 8.50. The maximum Gasteiger partial charge on any atom is 0.164 e. The molecule has 4 nitrogen and oxygen atoms in total. The predicted octanol–water partition coefficient (Wildman–Crippen LogP) is 14.2. The first-order valence-corrected chi connectivity index (χ1v) is 20.1. The molecule has 0 bridgehead atoms. The van der Waals surface area contributed by atoms with Crippen molar-refractivity contribution >= 4 is 10.8 Å². The lowest BCUT2D eigenvalue weighted by molar-refractivity contribution is 1.07. The summed E-state index contributed by atoms with van der Waals surface area (Å²) in [6, 6.07) is 74.2. The van der Waals surface area contributed by atoms with Crippen LogP contribution >= 0.6 is 0 Å². The lowest BCUT2D eigenvalue weighted by Crippen LogP contribution is -2.00. The first-order chi connectivity index (χ1) is 29.7. The molecule has 1 aliphatic rings. The standard InChI is InChI=1S/C56H34N4/c57-35-36-21-23-38(24-22-36)46-29-31-50-48-19-7-8-20-49(48)51-32-30-47(52(46)53(50)51)39-27-25-37(26-28-39)42-15-9-16-43(33-42)44-17-10-18-45(34-44)56-59-54(40-11-3-1-4-12-40)58-55(60-56)41-13-5-2-6-14-41/h1-34H. The van der Waals surface area contributed by atoms with Gasteiger partial charge in [-0.3, -0.25) is 0 Å². The zero-order chi connectivity index (χ0) is 40.0. The highest BCUT2D eigenvalue weighted by Crippen LogP contribution is 2.52. The normalized spacial score (nSPS) is 11.3. The minimum Gasteiger partial charge on any atom is -0.208 e. The fraction of sp³-hybridized carbons (Fsp3) is 0. The van der Waals surface area contributed by atoms with Crippen molar-refractivity contribution in [3.05, 3.63) is 212 Å². The van der Waals surface area contributed by atoms with E-state index < -0.39 is 0 Å². The van der Waals surface area contributed by atoms with Crippen molar-refractivity contribution in [1.29, 1.82) is 5.26 Å². The molecule has 4 heteroatoms. The molecule has 9 aromatic carbocycles. The molecule has 0 unspecified atom stereocenters. The van der Waals surface area contributed by atoms with E-state index in [1.54, 1.807) is 0 Å². The molecule has 0 saturated heterocycles. The molecular weight excluding hydrogens is 729 g/mol. The van der Waals surface area contributed by atoms with Crippen molar-refractivity contribution in [3.8, 4) is 107 Å². The quantitative estimate of drug-likeness (QED) is 0.162. The Hall–Kier alpha value is -8.26. The molecule has 11 rings (SSSR count). The molecule has 0 spiro atoms. The molecule has 0 atom stereocenters. The molecule has 60 heavy (non-hydrogen) atoms. The largest absolute Gasteiger partial charge is 0.208 e. The first-order valence-electron chi connectivity index (χ1n) is 20.1. The predicted molar refractivity (Wildman–Crippen MR) is 245 cm³/mol. The summed E-state index contributed by atoms with van der Waals surface area (Å²) in [5.74, 6) is 1.91. The number of nitriles is 1. The van der Waals surface area contributed by atoms with Crippen LogP contribution in [-0.2, 0) is 0 Å². The van der Waals surface area contributed by atoms with E-state index in [9.17, 15) is 5.26 Å². The van der Waals surface area contributed by atoms with Crippen molar-refractivity contribution in [1.82, 2.24) is 15.0 Å². The molecule has 0 N–H and O–H groups in total. The van der Waals surface area contributed by atoms with Gasteiger partial charge in [-0.05, 0) is 102 Å². The van der Waals surface area contributed by atoms with Crippen LogP contribution in [0, 0.1) is 11.3 Å². The SMILES string of the molecule is N#Cc1ccc(-c2ccc3c4c(ccc(-c5ccc(-c6cccc(-c7cccc(-c8nc(-c9ccccc9)nc(-c9ccccc9)n8)c7)c6)cc5)c24)-c2ccccc2-3)cc1. The zero-order valence-corrected chi connectivity index (χ0v) is 32.4. The third-order valence-corrected chi connectivity index (χ3v) is 11.5. The fourth-order valence-electron chi connectivity index (χ4n) is 8.60. The zero-order valence-electron chi connectivity index (χ0n) is 32.4. The molecule has 0 amide bonds. The van der Waals surface area contributed by atoms with Gasteiger partial charge in [0, 0.05) is 16.7 Å². The highest BCUT2D eigenvalue weighted by molar-refractivity contribution is 6.22. The Morgan fingerprint density at radius 2 is 0.633 bits per heavy atom. The molecule has 278 valence electrons. The van der Waals surface area contributed by atoms with Crippen LogP contribution in [0.1, 0.15) is 5.56 Å². The average molecular weight is 763 g/mol. The Balaban J connectivity index is 0.958. The highest BCUT2D eigenvalue weighted by Gasteiger charge is 2.25. The maximum atomic E-state index is 9.50. The van der Waals surface area contributed by atoms with E-state index in [0.29, 0.717) is 23.0 Å². The second kappa shape index (κ2) is 14.6. The summed E-state index contributed by atoms with van der Waals surface area (Å²) in [5, 5.41) is 12.0. The van der Waals surface area contributed by atoms with Crippen molar-refractivity contribution in [2.24, 2.45) is 0 Å². The van der Waals surface area contributed by atoms with Crippen molar-refractivity contribution in [2.75, 3.05) is 0 Å². The number of hydrogen-bond acceptors (Lipinski definition) is 4. The number of benzene rings is 9. The summed E-state index contributed by atoms with van der Waals surface area (Å²) in [5.41, 5.74) is 17.6. The van der Waals surface area contributed by atoms with Gasteiger partial charge in [0.05, 0.1) is 11.6 Å². The van der Waals surface area contributed by atoms with Crippen LogP contribution in [0.2, 0.25) is 0 Å². The molecule has 10 aromatic rings. The maximum absolute atomic E-state index is 9.50. The van der Waals surface area contributed by atoms with E-state index in [0.717, 1.165) is 55.6 Å². The summed E-state index contributed by atoms with van der Waals surface area (Å²) in [6.45, 7) is 0. The third-order valence-electron chi connectivity index (χ3n) is 11.5. The van der Waals surface area contributed by atoms with Gasteiger partial charge >= 0.3 is 0 Å². The van der Waals surface area contributed by atoms with Gasteiger partial charge in [-0.15, -0.1) is 0 Å². The molecule has 0 saturated carbocycles. The first kappa shape index (κ1) is 34.9. The lowest BCUT2D eigenvalue weighted by atomic mass is 9.88. The van der Waals surface area contributed by atoms with E-state index >= 15 is 0 Å². The summed E-state index contributed by atoms with van der Waals surface area (Å²) >= 11 is 0. The number of nitrogens with zero attached hydrogens (tertiary/aromatic N) is 4. The topological polar surface area (TPSA) is 62.5 Å². The summed E-state index contributed by atoms with van der Waals surface area (Å²) < 4.78 is 0. The number of rotatable bonds is 7. The van der Waals surface area contributed by atoms with E-state index in [2.05, 4.69) is 140 Å². The highest BCUT2D eigenvalue weighted by atomic mass is 15.0. The van der Waals surface area contributed by atoms with Gasteiger partial charge in [0.15, 0.2) is 17.5 Å². The van der Waals surface area contributed by atoms with Gasteiger partial charge < -0.3 is 0 Å². The van der Waals surface area contributed by atoms with E-state index in [4.69, 9.17) is 15.0 Å². The second-order valence-electron chi connectivity index (χ2n) is 15.1. The van der Waals surface area contributed by atoms with E-state index in [1.165, 1.54) is 38.6 Å². The Labute approximate surface area is 348 Å². The van der Waals surface area contributed by atoms with E-state index in [1.807, 2.05) is 72.8 Å². The third kappa shape index (κ3) is 6.14. The Morgan fingerprint density at radius 1 is 0.267 bits per heavy atom. The van der Waals surface area contributed by atoms with Crippen LogP contribution < -0.4 is 0 Å². The Bertz CT molecular complexity index is 3210. The number of hydrogen-bond donors (Lipinski definition) is 0. The van der Waals surface area contributed by atoms with Crippen LogP contribution in [0.3, 0.4) is 0 Å². The van der Waals surface area contributed by atoms with Crippen molar-refractivity contribution < 1.29 is 0 Å². The van der Waals surface area contributed by atoms with Gasteiger partial charge in [-0.25, -0.2) is 15.0 Å². The van der Waals surface area contributed by atoms with Crippen molar-refractivity contribution in [2.45, 2.75) is 0 Å². The lowest BCUT2D eigenvalue weighted by Gasteiger charge is -2.15. The molecular formula is C56H34N4. The van der Waals surface area contributed by atoms with Crippen LogP contribution in [0.4, 0.5) is 0 Å². The second-order valence-corrected chi connectivity index (χ2v) is 15.1. The number of aromatic nitrogens is 3. The van der Waals surface area contributed by atoms with Gasteiger partial charge in [0.2, 0.25) is 0 Å². The van der Waals surface area contributed by atoms with Crippen LogP contribution in [0.25, 0.3) is 112 Å². The van der Waals surface area contributed by atoms with Crippen molar-refractivity contribution in [3.63, 3.8) is 0 Å². The minimum absolute atomic E-state index is 0.630. The van der Waals surface area contributed by atoms with Gasteiger partial charge in [0.1, 0.15) is 0 Å². The Morgan fingerprint density at radius 3 is 1.15 bits per heavy atom. The summed E-state index contributed by atoms with van der Waals surface area (Å²) in [4.78, 5) is 14.8. The van der Waals surface area contributed by atoms with Crippen LogP contribution in [0.5, 0.6) is 0 Å². The molecule has 1 aliphatic carbocycles. The van der Waals surface area contributed by atoms with Crippen LogP contribution in [0.15, 0.2) is 206 Å². The summed E-state index contributed by atoms with van der Waals surface area (Å²) in [6.07, 6.45) is 0. The van der Waals surface area contributed by atoms with E-state index in [-0.39, 0.29) is 0 Å². The van der Waals surface area contributed by atoms with Gasteiger partial charge in [-0.2, -0.15) is 5.26 Å². The molecule has 0 fully saturated rings. The smallest absolute Gasteiger partial charge is 0.164 e. The van der Waals surface area contributed by atoms with Gasteiger partial charge in [0.25, 0.3) is 0 Å². The molecule has 0 aliphatic heterocycles. The molecule has 0 radical (unpaired) electrons. The average Bonchev–Trinajstić information content (AvgIpc) is 3.66. The van der Waals surface area contributed by atoms with Crippen LogP contribution in [-0.4, -0.2) is 15.0 Å². The molecule has 1 heterocycles. The van der Waals surface area contributed by atoms with Gasteiger partial charge in [-0.1, -0.05) is 182 Å².